The van der Waals surface area contributed by atoms with E-state index in [-0.39, 0.29) is 15.5 Å². The van der Waals surface area contributed by atoms with Crippen LogP contribution in [0.2, 0.25) is 5.02 Å². The summed E-state index contributed by atoms with van der Waals surface area (Å²) in [6, 6.07) is 16.7. The predicted octanol–water partition coefficient (Wildman–Crippen LogP) is 5.34. The molecule has 3 aromatic rings. The Bertz CT molecular complexity index is 1190. The first kappa shape index (κ1) is 21.9. The van der Waals surface area contributed by atoms with E-state index in [1.54, 1.807) is 24.3 Å². The molecule has 1 amide bonds. The minimum atomic E-state index is -3.77. The Labute approximate surface area is 182 Å². The molecule has 0 aliphatic rings. The maximum absolute atomic E-state index is 13.0. The minimum absolute atomic E-state index is 0.166. The van der Waals surface area contributed by atoms with Crippen molar-refractivity contribution in [3.63, 3.8) is 0 Å². The number of amides is 1. The van der Waals surface area contributed by atoms with E-state index in [4.69, 9.17) is 11.6 Å². The van der Waals surface area contributed by atoms with Crippen LogP contribution in [0.1, 0.15) is 27.0 Å². The Balaban J connectivity index is 1.95. The summed E-state index contributed by atoms with van der Waals surface area (Å²) in [5.74, 6) is -0.401. The predicted molar refractivity (Wildman–Crippen MR) is 122 cm³/mol. The molecule has 0 atom stereocenters. The number of nitrogens with one attached hydrogen (secondary N) is 1. The van der Waals surface area contributed by atoms with Gasteiger partial charge < -0.3 is 5.32 Å². The lowest BCUT2D eigenvalue weighted by Crippen LogP contribution is -2.27. The lowest BCUT2D eigenvalue weighted by Gasteiger charge is -2.21. The minimum Gasteiger partial charge on any atom is -0.321 e. The summed E-state index contributed by atoms with van der Waals surface area (Å²) in [5.41, 5.74) is 4.25. The van der Waals surface area contributed by atoms with Gasteiger partial charge in [0.1, 0.15) is 0 Å². The average Bonchev–Trinajstić information content (AvgIpc) is 2.71. The normalized spacial score (nSPS) is 11.2. The molecule has 0 radical (unpaired) electrons. The van der Waals surface area contributed by atoms with Gasteiger partial charge in [0.25, 0.3) is 15.9 Å². The maximum atomic E-state index is 13.0. The van der Waals surface area contributed by atoms with Gasteiger partial charge in [-0.05, 0) is 62.2 Å². The summed E-state index contributed by atoms with van der Waals surface area (Å²) in [6.07, 6.45) is 0. The molecule has 0 spiro atoms. The second kappa shape index (κ2) is 8.50. The van der Waals surface area contributed by atoms with Gasteiger partial charge in [0.2, 0.25) is 0 Å². The summed E-state index contributed by atoms with van der Waals surface area (Å²) >= 11 is 6.27. The van der Waals surface area contributed by atoms with E-state index in [0.717, 1.165) is 26.7 Å². The van der Waals surface area contributed by atoms with Crippen molar-refractivity contribution in [2.24, 2.45) is 0 Å². The molecule has 0 heterocycles. The molecule has 5 nitrogen and oxygen atoms in total. The third kappa shape index (κ3) is 4.35. The van der Waals surface area contributed by atoms with Crippen LogP contribution in [0.3, 0.4) is 0 Å². The quantitative estimate of drug-likeness (QED) is 0.579. The Morgan fingerprint density at radius 3 is 2.13 bits per heavy atom. The van der Waals surface area contributed by atoms with Crippen molar-refractivity contribution in [3.8, 4) is 0 Å². The number of anilines is 2. The van der Waals surface area contributed by atoms with Gasteiger partial charge in [-0.3, -0.25) is 9.10 Å². The maximum Gasteiger partial charge on any atom is 0.264 e. The number of aryl methyl sites for hydroxylation is 3. The summed E-state index contributed by atoms with van der Waals surface area (Å²) < 4.78 is 26.9. The monoisotopic (exact) mass is 442 g/mol. The van der Waals surface area contributed by atoms with Crippen LogP contribution in [0.15, 0.2) is 65.6 Å². The summed E-state index contributed by atoms with van der Waals surface area (Å²) in [5, 5.41) is 3.15. The van der Waals surface area contributed by atoms with Crippen molar-refractivity contribution in [1.82, 2.24) is 0 Å². The van der Waals surface area contributed by atoms with E-state index in [9.17, 15) is 13.2 Å². The third-order valence-corrected chi connectivity index (χ3v) is 7.00. The number of carbonyl (C=O) groups is 1. The van der Waals surface area contributed by atoms with Gasteiger partial charge in [-0.25, -0.2) is 8.42 Å². The van der Waals surface area contributed by atoms with Gasteiger partial charge in [-0.1, -0.05) is 47.5 Å². The largest absolute Gasteiger partial charge is 0.321 e. The number of benzene rings is 3. The number of nitrogens with zero attached hydrogens (tertiary/aromatic N) is 1. The highest BCUT2D eigenvalue weighted by atomic mass is 35.5. The first-order valence-electron chi connectivity index (χ1n) is 9.34. The number of sulfonamides is 1. The van der Waals surface area contributed by atoms with Crippen molar-refractivity contribution < 1.29 is 13.2 Å². The van der Waals surface area contributed by atoms with E-state index in [2.05, 4.69) is 5.32 Å². The highest BCUT2D eigenvalue weighted by Crippen LogP contribution is 2.28. The zero-order valence-electron chi connectivity index (χ0n) is 17.2. The Hall–Kier alpha value is -2.83. The number of rotatable bonds is 5. The van der Waals surface area contributed by atoms with E-state index in [1.165, 1.54) is 31.3 Å². The van der Waals surface area contributed by atoms with Crippen molar-refractivity contribution in [3.05, 3.63) is 87.9 Å². The van der Waals surface area contributed by atoms with Crippen LogP contribution < -0.4 is 9.62 Å². The van der Waals surface area contributed by atoms with E-state index in [1.807, 2.05) is 32.9 Å². The second-order valence-electron chi connectivity index (χ2n) is 7.18. The first-order valence-corrected chi connectivity index (χ1v) is 11.2. The zero-order chi connectivity index (χ0) is 22.1. The molecule has 0 aromatic heterocycles. The zero-order valence-corrected chi connectivity index (χ0v) is 18.8. The molecule has 156 valence electrons. The molecule has 0 unspecified atom stereocenters. The van der Waals surface area contributed by atoms with Crippen LogP contribution >= 0.6 is 11.6 Å². The first-order chi connectivity index (χ1) is 14.1. The second-order valence-corrected chi connectivity index (χ2v) is 9.55. The SMILES string of the molecule is Cc1cc(C)c(NC(=O)c2cc(N(C)S(=O)(=O)c3ccccc3)ccc2Cl)c(C)c1. The molecular formula is C23H23ClN2O3S. The van der Waals surface area contributed by atoms with Crippen molar-refractivity contribution in [2.75, 3.05) is 16.7 Å². The molecule has 1 N–H and O–H groups in total. The molecule has 30 heavy (non-hydrogen) atoms. The van der Waals surface area contributed by atoms with Gasteiger partial charge >= 0.3 is 0 Å². The fraction of sp³-hybridized carbons (Fsp3) is 0.174. The highest BCUT2D eigenvalue weighted by molar-refractivity contribution is 7.92. The number of hydrogen-bond donors (Lipinski definition) is 1. The van der Waals surface area contributed by atoms with E-state index in [0.29, 0.717) is 5.69 Å². The fourth-order valence-electron chi connectivity index (χ4n) is 3.33. The molecule has 0 fully saturated rings. The molecule has 0 saturated heterocycles. The van der Waals surface area contributed by atoms with Gasteiger partial charge in [-0.2, -0.15) is 0 Å². The van der Waals surface area contributed by atoms with Gasteiger partial charge in [-0.15, -0.1) is 0 Å². The lowest BCUT2D eigenvalue weighted by atomic mass is 10.0. The topological polar surface area (TPSA) is 66.5 Å². The number of carbonyl (C=O) groups excluding carboxylic acids is 1. The molecule has 7 heteroatoms. The van der Waals surface area contributed by atoms with Gasteiger partial charge in [0, 0.05) is 12.7 Å². The summed E-state index contributed by atoms with van der Waals surface area (Å²) in [6.45, 7) is 5.84. The van der Waals surface area contributed by atoms with Crippen LogP contribution in [-0.4, -0.2) is 21.4 Å². The molecule has 0 aliphatic heterocycles. The Kier molecular flexibility index (Phi) is 6.19. The molecule has 3 aromatic carbocycles. The Morgan fingerprint density at radius 1 is 0.933 bits per heavy atom. The van der Waals surface area contributed by atoms with Crippen LogP contribution in [0.5, 0.6) is 0 Å². The molecule has 0 aliphatic carbocycles. The summed E-state index contributed by atoms with van der Waals surface area (Å²) in [4.78, 5) is 13.1. The van der Waals surface area contributed by atoms with Crippen LogP contribution in [0.4, 0.5) is 11.4 Å². The number of halogens is 1. The van der Waals surface area contributed by atoms with Gasteiger partial charge in [0.05, 0.1) is 21.2 Å². The van der Waals surface area contributed by atoms with Crippen LogP contribution in [0.25, 0.3) is 0 Å². The van der Waals surface area contributed by atoms with E-state index < -0.39 is 15.9 Å². The van der Waals surface area contributed by atoms with Gasteiger partial charge in [0.15, 0.2) is 0 Å². The van der Waals surface area contributed by atoms with E-state index >= 15 is 0 Å². The fourth-order valence-corrected chi connectivity index (χ4v) is 4.74. The lowest BCUT2D eigenvalue weighted by molar-refractivity contribution is 0.102. The number of hydrogen-bond acceptors (Lipinski definition) is 3. The molecular weight excluding hydrogens is 420 g/mol. The highest BCUT2D eigenvalue weighted by Gasteiger charge is 2.23. The van der Waals surface area contributed by atoms with Crippen LogP contribution in [-0.2, 0) is 10.0 Å². The van der Waals surface area contributed by atoms with Crippen LogP contribution in [0, 0.1) is 20.8 Å². The van der Waals surface area contributed by atoms with Crippen molar-refractivity contribution in [2.45, 2.75) is 25.7 Å². The van der Waals surface area contributed by atoms with Crippen molar-refractivity contribution in [1.29, 1.82) is 0 Å². The van der Waals surface area contributed by atoms with Crippen molar-refractivity contribution >= 4 is 38.9 Å². The molecule has 0 saturated carbocycles. The molecule has 3 rings (SSSR count). The standard InChI is InChI=1S/C23H23ClN2O3S/c1-15-12-16(2)22(17(3)13-15)25-23(27)20-14-18(10-11-21(20)24)26(4)30(28,29)19-8-6-5-7-9-19/h5-14H,1-4H3,(H,25,27). The average molecular weight is 443 g/mol. The summed E-state index contributed by atoms with van der Waals surface area (Å²) in [7, 11) is -2.32. The third-order valence-electron chi connectivity index (χ3n) is 4.88. The Morgan fingerprint density at radius 2 is 1.53 bits per heavy atom. The molecule has 0 bridgehead atoms. The smallest absolute Gasteiger partial charge is 0.264 e.